The Balaban J connectivity index is 0.00000400. The zero-order valence-corrected chi connectivity index (χ0v) is 14.0. The van der Waals surface area contributed by atoms with Crippen LogP contribution in [0.5, 0.6) is 0 Å². The smallest absolute Gasteiger partial charge is 0.251 e. The molecule has 3 nitrogen and oxygen atoms in total. The largest absolute Gasteiger partial charge is 0.352 e. The van der Waals surface area contributed by atoms with Gasteiger partial charge in [0.2, 0.25) is 0 Å². The molecule has 0 fully saturated rings. The number of benzene rings is 1. The van der Waals surface area contributed by atoms with E-state index in [9.17, 15) is 4.79 Å². The summed E-state index contributed by atoms with van der Waals surface area (Å²) in [6.45, 7) is 5.80. The number of nitrogens with one attached hydrogen (secondary N) is 1. The van der Waals surface area contributed by atoms with Crippen LogP contribution in [0.15, 0.2) is 24.3 Å². The maximum atomic E-state index is 11.9. The lowest BCUT2D eigenvalue weighted by atomic mass is 10.0. The van der Waals surface area contributed by atoms with Gasteiger partial charge < -0.3 is 11.1 Å². The Morgan fingerprint density at radius 3 is 2.29 bits per heavy atom. The minimum atomic E-state index is 0. The minimum Gasteiger partial charge on any atom is -0.352 e. The van der Waals surface area contributed by atoms with Crippen LogP contribution in [-0.2, 0) is 6.54 Å². The molecule has 4 heteroatoms. The van der Waals surface area contributed by atoms with Gasteiger partial charge in [-0.2, -0.15) is 0 Å². The van der Waals surface area contributed by atoms with Crippen LogP contribution in [0.3, 0.4) is 0 Å². The Labute approximate surface area is 135 Å². The van der Waals surface area contributed by atoms with Gasteiger partial charge in [-0.15, -0.1) is 12.4 Å². The molecule has 0 aliphatic carbocycles. The SMILES string of the molecule is CC(C)CCCCCCNC(=O)c1ccc(CN)cc1.Cl. The average Bonchev–Trinajstić information content (AvgIpc) is 2.45. The third-order valence-corrected chi connectivity index (χ3v) is 3.45. The summed E-state index contributed by atoms with van der Waals surface area (Å²) in [4.78, 5) is 11.9. The van der Waals surface area contributed by atoms with Crippen LogP contribution in [0.1, 0.15) is 61.9 Å². The van der Waals surface area contributed by atoms with Crippen molar-refractivity contribution in [1.29, 1.82) is 0 Å². The Hall–Kier alpha value is -1.06. The van der Waals surface area contributed by atoms with Crippen molar-refractivity contribution in [1.82, 2.24) is 5.32 Å². The second-order valence-electron chi connectivity index (χ2n) is 5.75. The summed E-state index contributed by atoms with van der Waals surface area (Å²) in [5.41, 5.74) is 7.29. The van der Waals surface area contributed by atoms with E-state index in [-0.39, 0.29) is 18.3 Å². The van der Waals surface area contributed by atoms with Crippen LogP contribution in [0.4, 0.5) is 0 Å². The van der Waals surface area contributed by atoms with Crippen LogP contribution < -0.4 is 11.1 Å². The highest BCUT2D eigenvalue weighted by molar-refractivity contribution is 5.94. The molecule has 1 aromatic rings. The van der Waals surface area contributed by atoms with Gasteiger partial charge in [-0.1, -0.05) is 51.7 Å². The summed E-state index contributed by atoms with van der Waals surface area (Å²) in [5.74, 6) is 0.807. The van der Waals surface area contributed by atoms with E-state index in [1.165, 1.54) is 25.7 Å². The fourth-order valence-corrected chi connectivity index (χ4v) is 2.13. The number of amides is 1. The summed E-state index contributed by atoms with van der Waals surface area (Å²) < 4.78 is 0. The Morgan fingerprint density at radius 2 is 1.71 bits per heavy atom. The van der Waals surface area contributed by atoms with Gasteiger partial charge in [-0.05, 0) is 30.0 Å². The number of halogens is 1. The molecular weight excluding hydrogens is 284 g/mol. The zero-order valence-electron chi connectivity index (χ0n) is 13.2. The fourth-order valence-electron chi connectivity index (χ4n) is 2.13. The molecule has 0 aliphatic heterocycles. The highest BCUT2D eigenvalue weighted by Gasteiger charge is 2.04. The standard InChI is InChI=1S/C17H28N2O.ClH/c1-14(2)7-5-3-4-6-12-19-17(20)16-10-8-15(13-18)9-11-16;/h8-11,14H,3-7,12-13,18H2,1-2H3,(H,19,20);1H. The van der Waals surface area contributed by atoms with Gasteiger partial charge in [-0.3, -0.25) is 4.79 Å². The van der Waals surface area contributed by atoms with Crippen LogP contribution in [-0.4, -0.2) is 12.5 Å². The van der Waals surface area contributed by atoms with Crippen molar-refractivity contribution in [3.8, 4) is 0 Å². The lowest BCUT2D eigenvalue weighted by Gasteiger charge is -2.07. The van der Waals surface area contributed by atoms with E-state index in [4.69, 9.17) is 5.73 Å². The number of rotatable bonds is 9. The molecule has 0 aliphatic rings. The summed E-state index contributed by atoms with van der Waals surface area (Å²) >= 11 is 0. The number of hydrogen-bond acceptors (Lipinski definition) is 2. The fraction of sp³-hybridized carbons (Fsp3) is 0.588. The van der Waals surface area contributed by atoms with E-state index < -0.39 is 0 Å². The van der Waals surface area contributed by atoms with Gasteiger partial charge in [0.05, 0.1) is 0 Å². The van der Waals surface area contributed by atoms with Crippen molar-refractivity contribution in [2.75, 3.05) is 6.54 Å². The molecule has 0 atom stereocenters. The molecule has 0 heterocycles. The molecule has 0 saturated heterocycles. The van der Waals surface area contributed by atoms with Crippen molar-refractivity contribution in [2.24, 2.45) is 11.7 Å². The first-order chi connectivity index (χ1) is 9.63. The summed E-state index contributed by atoms with van der Waals surface area (Å²) in [7, 11) is 0. The van der Waals surface area contributed by atoms with Crippen molar-refractivity contribution >= 4 is 18.3 Å². The van der Waals surface area contributed by atoms with Crippen molar-refractivity contribution in [3.05, 3.63) is 35.4 Å². The molecule has 1 rings (SSSR count). The molecule has 120 valence electrons. The molecular formula is C17H29ClN2O. The monoisotopic (exact) mass is 312 g/mol. The summed E-state index contributed by atoms with van der Waals surface area (Å²) in [6.07, 6.45) is 6.12. The quantitative estimate of drug-likeness (QED) is 0.679. The van der Waals surface area contributed by atoms with Crippen LogP contribution in [0.2, 0.25) is 0 Å². The second-order valence-corrected chi connectivity index (χ2v) is 5.75. The molecule has 0 saturated carbocycles. The number of carbonyl (C=O) groups is 1. The summed E-state index contributed by atoms with van der Waals surface area (Å²) in [5, 5.41) is 2.97. The lowest BCUT2D eigenvalue weighted by Crippen LogP contribution is -2.24. The van der Waals surface area contributed by atoms with Crippen LogP contribution in [0.25, 0.3) is 0 Å². The highest BCUT2D eigenvalue weighted by atomic mass is 35.5. The van der Waals surface area contributed by atoms with Gasteiger partial charge in [0.1, 0.15) is 0 Å². The Morgan fingerprint density at radius 1 is 1.10 bits per heavy atom. The molecule has 0 bridgehead atoms. The van der Waals surface area contributed by atoms with Crippen molar-refractivity contribution in [3.63, 3.8) is 0 Å². The van der Waals surface area contributed by atoms with Crippen LogP contribution in [0, 0.1) is 5.92 Å². The first kappa shape index (κ1) is 19.9. The number of nitrogens with two attached hydrogens (primary N) is 1. The topological polar surface area (TPSA) is 55.1 Å². The van der Waals surface area contributed by atoms with Gasteiger partial charge in [0.15, 0.2) is 0 Å². The molecule has 0 spiro atoms. The van der Waals surface area contributed by atoms with E-state index in [1.807, 2.05) is 24.3 Å². The van der Waals surface area contributed by atoms with E-state index in [1.54, 1.807) is 0 Å². The van der Waals surface area contributed by atoms with E-state index >= 15 is 0 Å². The minimum absolute atomic E-state index is 0. The molecule has 21 heavy (non-hydrogen) atoms. The molecule has 1 aromatic carbocycles. The van der Waals surface area contributed by atoms with E-state index in [0.29, 0.717) is 12.1 Å². The average molecular weight is 313 g/mol. The lowest BCUT2D eigenvalue weighted by molar-refractivity contribution is 0.0953. The third kappa shape index (κ3) is 8.74. The van der Waals surface area contributed by atoms with Gasteiger partial charge in [-0.25, -0.2) is 0 Å². The maximum Gasteiger partial charge on any atom is 0.251 e. The molecule has 1 amide bonds. The van der Waals surface area contributed by atoms with E-state index in [0.717, 1.165) is 24.4 Å². The number of unbranched alkanes of at least 4 members (excludes halogenated alkanes) is 3. The number of hydrogen-bond donors (Lipinski definition) is 2. The predicted octanol–water partition coefficient (Wildman–Crippen LogP) is 3.90. The first-order valence-corrected chi connectivity index (χ1v) is 7.70. The highest BCUT2D eigenvalue weighted by Crippen LogP contribution is 2.09. The van der Waals surface area contributed by atoms with E-state index in [2.05, 4.69) is 19.2 Å². The Bertz CT molecular complexity index is 390. The Kier molecular flexibility index (Phi) is 11.0. The van der Waals surface area contributed by atoms with Crippen molar-refractivity contribution in [2.45, 2.75) is 52.5 Å². The molecule has 0 radical (unpaired) electrons. The first-order valence-electron chi connectivity index (χ1n) is 7.70. The maximum absolute atomic E-state index is 11.9. The number of carbonyl (C=O) groups excluding carboxylic acids is 1. The van der Waals surface area contributed by atoms with Gasteiger partial charge in [0, 0.05) is 18.7 Å². The zero-order chi connectivity index (χ0) is 14.8. The second kappa shape index (κ2) is 11.6. The predicted molar refractivity (Wildman–Crippen MR) is 91.8 cm³/mol. The molecule has 0 unspecified atom stereocenters. The third-order valence-electron chi connectivity index (χ3n) is 3.45. The molecule has 0 aromatic heterocycles. The summed E-state index contributed by atoms with van der Waals surface area (Å²) in [6, 6.07) is 7.47. The van der Waals surface area contributed by atoms with Gasteiger partial charge >= 0.3 is 0 Å². The molecule has 3 N–H and O–H groups in total. The normalized spacial score (nSPS) is 10.3. The van der Waals surface area contributed by atoms with Gasteiger partial charge in [0.25, 0.3) is 5.91 Å². The van der Waals surface area contributed by atoms with Crippen LogP contribution >= 0.6 is 12.4 Å². The van der Waals surface area contributed by atoms with Crippen molar-refractivity contribution < 1.29 is 4.79 Å².